The number of nitrogens with two attached hydrogens (primary N) is 1. The molecule has 0 aromatic carbocycles. The fourth-order valence-corrected chi connectivity index (χ4v) is 3.43. The lowest BCUT2D eigenvalue weighted by Gasteiger charge is -2.25. The van der Waals surface area contributed by atoms with Gasteiger partial charge in [0.05, 0.1) is 6.04 Å². The third-order valence-corrected chi connectivity index (χ3v) is 5.12. The van der Waals surface area contributed by atoms with Gasteiger partial charge in [0.15, 0.2) is 0 Å². The first-order chi connectivity index (χ1) is 7.96. The Morgan fingerprint density at radius 1 is 1.53 bits per heavy atom. The molecule has 1 amide bonds. The quantitative estimate of drug-likeness (QED) is 0.851. The second-order valence-electron chi connectivity index (χ2n) is 5.07. The fourth-order valence-electron chi connectivity index (χ4n) is 1.84. The molecular formula is C12H24N2OS2. The average Bonchev–Trinajstić information content (AvgIpc) is 2.46. The Hall–Kier alpha value is 0.130. The van der Waals surface area contributed by atoms with Crippen LogP contribution in [0.5, 0.6) is 0 Å². The highest BCUT2D eigenvalue weighted by molar-refractivity contribution is 8.00. The molecule has 0 saturated carbocycles. The Kier molecular flexibility index (Phi) is 6.17. The largest absolute Gasteiger partial charge is 0.340 e. The van der Waals surface area contributed by atoms with Gasteiger partial charge in [0.25, 0.3) is 0 Å². The topological polar surface area (TPSA) is 46.3 Å². The second-order valence-corrected chi connectivity index (χ2v) is 7.86. The summed E-state index contributed by atoms with van der Waals surface area (Å²) in [4.78, 5) is 14.1. The zero-order valence-corrected chi connectivity index (χ0v) is 12.7. The molecule has 0 bridgehead atoms. The summed E-state index contributed by atoms with van der Waals surface area (Å²) in [5.41, 5.74) is 5.94. The standard InChI is InChI=1S/C12H24N2OS2/c1-12(2)5-6-14(7-9-17-12)11(15)10(13)4-8-16-3/h10H,4-9,13H2,1-3H3/t10-/m1/s1. The molecule has 1 aliphatic heterocycles. The maximum atomic E-state index is 12.2. The normalized spacial score (nSPS) is 22.0. The van der Waals surface area contributed by atoms with Crippen LogP contribution in [0.1, 0.15) is 26.7 Å². The molecule has 17 heavy (non-hydrogen) atoms. The van der Waals surface area contributed by atoms with Gasteiger partial charge in [0.2, 0.25) is 5.91 Å². The highest BCUT2D eigenvalue weighted by Gasteiger charge is 2.27. The van der Waals surface area contributed by atoms with Crippen LogP contribution in [-0.2, 0) is 4.79 Å². The first-order valence-electron chi connectivity index (χ1n) is 6.13. The third kappa shape index (κ3) is 5.10. The first-order valence-corrected chi connectivity index (χ1v) is 8.51. The number of hydrogen-bond acceptors (Lipinski definition) is 4. The predicted octanol–water partition coefficient (Wildman–Crippen LogP) is 1.81. The number of amides is 1. The van der Waals surface area contributed by atoms with Gasteiger partial charge in [-0.15, -0.1) is 0 Å². The number of carbonyl (C=O) groups is 1. The molecule has 0 unspecified atom stereocenters. The van der Waals surface area contributed by atoms with Crippen molar-refractivity contribution in [3.05, 3.63) is 0 Å². The summed E-state index contributed by atoms with van der Waals surface area (Å²) in [5, 5.41) is 0. The van der Waals surface area contributed by atoms with Gasteiger partial charge in [0.1, 0.15) is 0 Å². The zero-order chi connectivity index (χ0) is 12.9. The molecule has 1 heterocycles. The zero-order valence-electron chi connectivity index (χ0n) is 11.1. The van der Waals surface area contributed by atoms with Crippen LogP contribution in [0.15, 0.2) is 0 Å². The van der Waals surface area contributed by atoms with Crippen LogP contribution in [0.25, 0.3) is 0 Å². The van der Waals surface area contributed by atoms with Crippen LogP contribution in [-0.4, -0.2) is 52.4 Å². The summed E-state index contributed by atoms with van der Waals surface area (Å²) in [6.07, 6.45) is 3.88. The van der Waals surface area contributed by atoms with Crippen molar-refractivity contribution in [3.63, 3.8) is 0 Å². The Morgan fingerprint density at radius 2 is 2.24 bits per heavy atom. The molecule has 0 radical (unpaired) electrons. The lowest BCUT2D eigenvalue weighted by atomic mass is 10.1. The van der Waals surface area contributed by atoms with Gasteiger partial charge in [-0.3, -0.25) is 4.79 Å². The Bertz CT molecular complexity index is 259. The van der Waals surface area contributed by atoms with E-state index in [1.165, 1.54) is 0 Å². The maximum absolute atomic E-state index is 12.2. The van der Waals surface area contributed by atoms with Crippen molar-refractivity contribution in [2.45, 2.75) is 37.5 Å². The number of nitrogens with zero attached hydrogens (tertiary/aromatic N) is 1. The van der Waals surface area contributed by atoms with E-state index in [4.69, 9.17) is 5.73 Å². The highest BCUT2D eigenvalue weighted by atomic mass is 32.2. The Labute approximate surface area is 113 Å². The molecule has 0 aliphatic carbocycles. The van der Waals surface area contributed by atoms with Gasteiger partial charge in [-0.2, -0.15) is 23.5 Å². The number of thioether (sulfide) groups is 2. The number of rotatable bonds is 4. The monoisotopic (exact) mass is 276 g/mol. The number of hydrogen-bond donors (Lipinski definition) is 1. The van der Waals surface area contributed by atoms with Crippen LogP contribution < -0.4 is 5.73 Å². The van der Waals surface area contributed by atoms with Crippen molar-refractivity contribution in [3.8, 4) is 0 Å². The van der Waals surface area contributed by atoms with Crippen molar-refractivity contribution < 1.29 is 4.79 Å². The highest BCUT2D eigenvalue weighted by Crippen LogP contribution is 2.30. The number of carbonyl (C=O) groups excluding carboxylic acids is 1. The molecule has 0 aromatic rings. The summed E-state index contributed by atoms with van der Waals surface area (Å²) in [7, 11) is 0. The minimum Gasteiger partial charge on any atom is -0.340 e. The predicted molar refractivity (Wildman–Crippen MR) is 78.7 cm³/mol. The molecule has 0 aromatic heterocycles. The molecule has 100 valence electrons. The summed E-state index contributed by atoms with van der Waals surface area (Å²) >= 11 is 3.70. The molecule has 1 atom stereocenters. The molecule has 1 fully saturated rings. The van der Waals surface area contributed by atoms with Crippen LogP contribution in [0.2, 0.25) is 0 Å². The molecule has 3 nitrogen and oxygen atoms in total. The van der Waals surface area contributed by atoms with Gasteiger partial charge in [-0.25, -0.2) is 0 Å². The van der Waals surface area contributed by atoms with Crippen molar-refractivity contribution >= 4 is 29.4 Å². The summed E-state index contributed by atoms with van der Waals surface area (Å²) in [6, 6.07) is -0.311. The maximum Gasteiger partial charge on any atom is 0.239 e. The molecule has 0 spiro atoms. The average molecular weight is 276 g/mol. The second kappa shape index (κ2) is 6.90. The molecular weight excluding hydrogens is 252 g/mol. The summed E-state index contributed by atoms with van der Waals surface area (Å²) in [6.45, 7) is 6.20. The molecule has 5 heteroatoms. The van der Waals surface area contributed by atoms with E-state index in [2.05, 4.69) is 13.8 Å². The first kappa shape index (κ1) is 15.2. The van der Waals surface area contributed by atoms with Crippen molar-refractivity contribution in [1.29, 1.82) is 0 Å². The molecule has 2 N–H and O–H groups in total. The smallest absolute Gasteiger partial charge is 0.239 e. The van der Waals surface area contributed by atoms with Crippen LogP contribution in [0.3, 0.4) is 0 Å². The van der Waals surface area contributed by atoms with Gasteiger partial charge >= 0.3 is 0 Å². The molecule has 1 saturated heterocycles. The van der Waals surface area contributed by atoms with Gasteiger partial charge in [-0.05, 0) is 24.9 Å². The van der Waals surface area contributed by atoms with Gasteiger partial charge in [-0.1, -0.05) is 13.8 Å². The van der Waals surface area contributed by atoms with E-state index in [0.29, 0.717) is 4.75 Å². The van der Waals surface area contributed by atoms with E-state index in [1.54, 1.807) is 11.8 Å². The van der Waals surface area contributed by atoms with E-state index in [1.807, 2.05) is 22.9 Å². The lowest BCUT2D eigenvalue weighted by molar-refractivity contribution is -0.132. The van der Waals surface area contributed by atoms with Crippen molar-refractivity contribution in [1.82, 2.24) is 4.90 Å². The van der Waals surface area contributed by atoms with Gasteiger partial charge < -0.3 is 10.6 Å². The molecule has 1 aliphatic rings. The third-order valence-electron chi connectivity index (χ3n) is 3.10. The minimum absolute atomic E-state index is 0.136. The van der Waals surface area contributed by atoms with E-state index in [0.717, 1.165) is 37.4 Å². The van der Waals surface area contributed by atoms with E-state index in [9.17, 15) is 4.79 Å². The van der Waals surface area contributed by atoms with E-state index in [-0.39, 0.29) is 11.9 Å². The Morgan fingerprint density at radius 3 is 2.88 bits per heavy atom. The van der Waals surface area contributed by atoms with E-state index >= 15 is 0 Å². The SMILES string of the molecule is CSCC[C@@H](N)C(=O)N1CCSC(C)(C)CC1. The van der Waals surface area contributed by atoms with Gasteiger partial charge in [0, 0.05) is 23.6 Å². The van der Waals surface area contributed by atoms with E-state index < -0.39 is 0 Å². The van der Waals surface area contributed by atoms with Crippen molar-refractivity contribution in [2.75, 3.05) is 30.9 Å². The van der Waals surface area contributed by atoms with Crippen LogP contribution in [0, 0.1) is 0 Å². The van der Waals surface area contributed by atoms with Crippen LogP contribution >= 0.6 is 23.5 Å². The minimum atomic E-state index is -0.311. The van der Waals surface area contributed by atoms with Crippen molar-refractivity contribution in [2.24, 2.45) is 5.73 Å². The Balaban J connectivity index is 2.46. The van der Waals surface area contributed by atoms with Crippen LogP contribution in [0.4, 0.5) is 0 Å². The fraction of sp³-hybridized carbons (Fsp3) is 0.917. The summed E-state index contributed by atoms with van der Waals surface area (Å²) in [5.74, 6) is 2.12. The molecule has 1 rings (SSSR count). The summed E-state index contributed by atoms with van der Waals surface area (Å²) < 4.78 is 0.290. The lowest BCUT2D eigenvalue weighted by Crippen LogP contribution is -2.45.